The minimum atomic E-state index is -0.664. The molecular weight excluding hydrogens is 152 g/mol. The Morgan fingerprint density at radius 2 is 2.00 bits per heavy atom. The lowest BCUT2D eigenvalue weighted by atomic mass is 10.1. The van der Waals surface area contributed by atoms with E-state index in [0.717, 1.165) is 5.56 Å². The van der Waals surface area contributed by atoms with Crippen LogP contribution in [0.15, 0.2) is 24.5 Å². The lowest BCUT2D eigenvalue weighted by Gasteiger charge is -2.13. The van der Waals surface area contributed by atoms with Gasteiger partial charge in [0, 0.05) is 18.9 Å². The Bertz CT molecular complexity index is 223. The minimum absolute atomic E-state index is 0.532. The van der Waals surface area contributed by atoms with Gasteiger partial charge in [-0.15, -0.1) is 0 Å². The van der Waals surface area contributed by atoms with Crippen LogP contribution in [-0.4, -0.2) is 30.5 Å². The molecule has 0 saturated heterocycles. The van der Waals surface area contributed by atoms with Gasteiger partial charge in [0.15, 0.2) is 0 Å². The topological polar surface area (TPSA) is 36.0 Å². The molecule has 0 spiro atoms. The van der Waals surface area contributed by atoms with Crippen molar-refractivity contribution in [3.8, 4) is 0 Å². The van der Waals surface area contributed by atoms with Crippen molar-refractivity contribution in [3.63, 3.8) is 0 Å². The van der Waals surface area contributed by atoms with Gasteiger partial charge >= 0.3 is 0 Å². The molecule has 0 aliphatic heterocycles. The Morgan fingerprint density at radius 1 is 1.42 bits per heavy atom. The molecule has 0 aliphatic carbocycles. The number of aromatic nitrogens is 1. The van der Waals surface area contributed by atoms with Crippen LogP contribution in [0, 0.1) is 0 Å². The molecule has 0 aromatic carbocycles. The van der Waals surface area contributed by atoms with Crippen molar-refractivity contribution >= 4 is 0 Å². The molecule has 1 aromatic heterocycles. The van der Waals surface area contributed by atoms with E-state index in [1.807, 2.05) is 19.0 Å². The van der Waals surface area contributed by atoms with E-state index in [9.17, 15) is 5.11 Å². The molecule has 1 aromatic rings. The molecule has 0 amide bonds. The van der Waals surface area contributed by atoms with Crippen LogP contribution in [0.3, 0.4) is 0 Å². The molecule has 3 nitrogen and oxygen atoms in total. The van der Waals surface area contributed by atoms with Gasteiger partial charge in [0.05, 0.1) is 0 Å². The maximum absolute atomic E-state index is 11.5. The summed E-state index contributed by atoms with van der Waals surface area (Å²) in [5.74, 6) is 0. The van der Waals surface area contributed by atoms with E-state index in [4.69, 9.17) is 0 Å². The largest absolute Gasteiger partial charge is 0.306 e. The highest BCUT2D eigenvalue weighted by Crippen LogP contribution is 2.11. The van der Waals surface area contributed by atoms with Gasteiger partial charge in [-0.1, -0.05) is 0 Å². The van der Waals surface area contributed by atoms with Crippen LogP contribution in [0.2, 0.25) is 0 Å². The fourth-order valence-electron chi connectivity index (χ4n) is 1.02. The molecule has 0 bridgehead atoms. The van der Waals surface area contributed by atoms with Gasteiger partial charge in [-0.2, -0.15) is 0 Å². The second kappa shape index (κ2) is 4.18. The predicted octanol–water partition coefficient (Wildman–Crippen LogP) is 1.11. The maximum Gasteiger partial charge on any atom is 0.131 e. The molecule has 3 heteroatoms. The zero-order valence-corrected chi connectivity index (χ0v) is 7.40. The van der Waals surface area contributed by atoms with Crippen LogP contribution in [0.25, 0.3) is 0 Å². The lowest BCUT2D eigenvalue weighted by Crippen LogP contribution is -2.19. The third-order valence-corrected chi connectivity index (χ3v) is 1.61. The summed E-state index contributed by atoms with van der Waals surface area (Å²) in [5.41, 5.74) is 0.804. The van der Waals surface area contributed by atoms with Crippen LogP contribution >= 0.6 is 0 Å². The first-order chi connectivity index (χ1) is 5.70. The zero-order chi connectivity index (χ0) is 8.97. The van der Waals surface area contributed by atoms with Gasteiger partial charge in [-0.3, -0.25) is 4.98 Å². The van der Waals surface area contributed by atoms with Gasteiger partial charge < -0.3 is 4.90 Å². The highest BCUT2D eigenvalue weighted by atomic mass is 16.3. The molecule has 1 radical (unpaired) electrons. The first-order valence-electron chi connectivity index (χ1n) is 3.90. The van der Waals surface area contributed by atoms with Crippen LogP contribution in [0.1, 0.15) is 11.7 Å². The summed E-state index contributed by atoms with van der Waals surface area (Å²) in [5, 5.41) is 11.5. The number of hydrogen-bond acceptors (Lipinski definition) is 2. The normalized spacial score (nSPS) is 13.3. The lowest BCUT2D eigenvalue weighted by molar-refractivity contribution is 0.0641. The standard InChI is InChI=1S/C9H13N2O/c1-11(2)7-9(12)8-3-5-10-6-4-8/h3-6,9H,7H2,1-2H3. The molecule has 12 heavy (non-hydrogen) atoms. The summed E-state index contributed by atoms with van der Waals surface area (Å²) in [4.78, 5) is 5.74. The van der Waals surface area contributed by atoms with Crippen molar-refractivity contribution in [2.45, 2.75) is 6.10 Å². The minimum Gasteiger partial charge on any atom is -0.306 e. The molecule has 0 fully saturated rings. The highest BCUT2D eigenvalue weighted by Gasteiger charge is 2.09. The predicted molar refractivity (Wildman–Crippen MR) is 46.2 cm³/mol. The number of hydrogen-bond donors (Lipinski definition) is 0. The van der Waals surface area contributed by atoms with E-state index in [1.165, 1.54) is 0 Å². The number of rotatable bonds is 3. The zero-order valence-electron chi connectivity index (χ0n) is 7.40. The molecule has 0 saturated carbocycles. The van der Waals surface area contributed by atoms with Crippen molar-refractivity contribution in [1.29, 1.82) is 0 Å². The van der Waals surface area contributed by atoms with Gasteiger partial charge in [0.1, 0.15) is 6.10 Å². The van der Waals surface area contributed by atoms with E-state index in [1.54, 1.807) is 24.5 Å². The van der Waals surface area contributed by atoms with Crippen molar-refractivity contribution < 1.29 is 5.11 Å². The maximum atomic E-state index is 11.5. The first-order valence-corrected chi connectivity index (χ1v) is 3.90. The average Bonchev–Trinajstić information content (AvgIpc) is 2.05. The summed E-state index contributed by atoms with van der Waals surface area (Å²) in [6.07, 6.45) is 2.63. The van der Waals surface area contributed by atoms with E-state index in [2.05, 4.69) is 4.98 Å². The Balaban J connectivity index is 2.59. The van der Waals surface area contributed by atoms with E-state index in [-0.39, 0.29) is 0 Å². The third kappa shape index (κ3) is 2.60. The highest BCUT2D eigenvalue weighted by molar-refractivity contribution is 5.12. The Morgan fingerprint density at radius 3 is 2.50 bits per heavy atom. The van der Waals surface area contributed by atoms with Crippen LogP contribution < -0.4 is 0 Å². The summed E-state index contributed by atoms with van der Waals surface area (Å²) in [7, 11) is 3.79. The van der Waals surface area contributed by atoms with E-state index >= 15 is 0 Å². The molecule has 1 unspecified atom stereocenters. The second-order valence-corrected chi connectivity index (χ2v) is 3.03. The molecule has 0 N–H and O–H groups in total. The van der Waals surface area contributed by atoms with E-state index in [0.29, 0.717) is 6.54 Å². The Kier molecular flexibility index (Phi) is 3.19. The van der Waals surface area contributed by atoms with Crippen molar-refractivity contribution in [1.82, 2.24) is 9.88 Å². The second-order valence-electron chi connectivity index (χ2n) is 3.03. The molecule has 0 aliphatic rings. The molecular formula is C9H13N2O. The number of nitrogens with zero attached hydrogens (tertiary/aromatic N) is 2. The third-order valence-electron chi connectivity index (χ3n) is 1.61. The van der Waals surface area contributed by atoms with Crippen LogP contribution in [0.4, 0.5) is 0 Å². The first kappa shape index (κ1) is 9.16. The SMILES string of the molecule is CN(C)CC([O])c1ccncc1. The number of likely N-dealkylation sites (N-methyl/N-ethyl adjacent to an activating group) is 1. The molecule has 1 atom stereocenters. The molecule has 65 valence electrons. The van der Waals surface area contributed by atoms with Crippen molar-refractivity contribution in [2.75, 3.05) is 20.6 Å². The van der Waals surface area contributed by atoms with Gasteiger partial charge in [0.25, 0.3) is 0 Å². The van der Waals surface area contributed by atoms with Crippen LogP contribution in [0.5, 0.6) is 0 Å². The fourth-order valence-corrected chi connectivity index (χ4v) is 1.02. The fraction of sp³-hybridized carbons (Fsp3) is 0.444. The molecule has 1 rings (SSSR count). The Hall–Kier alpha value is -0.930. The average molecular weight is 165 g/mol. The monoisotopic (exact) mass is 165 g/mol. The van der Waals surface area contributed by atoms with Crippen molar-refractivity contribution in [2.24, 2.45) is 0 Å². The molecule has 1 heterocycles. The Labute approximate surface area is 72.7 Å². The number of pyridine rings is 1. The van der Waals surface area contributed by atoms with Gasteiger partial charge in [0.2, 0.25) is 0 Å². The summed E-state index contributed by atoms with van der Waals surface area (Å²) < 4.78 is 0. The smallest absolute Gasteiger partial charge is 0.131 e. The van der Waals surface area contributed by atoms with Gasteiger partial charge in [-0.05, 0) is 31.8 Å². The summed E-state index contributed by atoms with van der Waals surface area (Å²) in [6, 6.07) is 3.53. The quantitative estimate of drug-likeness (QED) is 0.672. The van der Waals surface area contributed by atoms with E-state index < -0.39 is 6.10 Å². The van der Waals surface area contributed by atoms with Gasteiger partial charge in [-0.25, -0.2) is 5.11 Å². The summed E-state index contributed by atoms with van der Waals surface area (Å²) in [6.45, 7) is 0.532. The van der Waals surface area contributed by atoms with Crippen molar-refractivity contribution in [3.05, 3.63) is 30.1 Å². The summed E-state index contributed by atoms with van der Waals surface area (Å²) >= 11 is 0. The van der Waals surface area contributed by atoms with Crippen LogP contribution in [-0.2, 0) is 5.11 Å².